The summed E-state index contributed by atoms with van der Waals surface area (Å²) in [4.78, 5) is 15.3. The standard InChI is InChI=1S/C51H31N3O2/c1-2-10-32(11-3-1)37-12-8-13-39(30-37)51-53-49(35-24-20-33(21-25-35)38-28-29-46-43(31-38)41-14-4-6-17-44(41)55-46)52-50(54-51)36-26-22-34(23-27-36)40-16-9-19-47-48(40)42-15-5-7-18-45(42)56-47/h1-31H. The van der Waals surface area contributed by atoms with Crippen LogP contribution in [0.4, 0.5) is 0 Å². The molecular weight excluding hydrogens is 687 g/mol. The van der Waals surface area contributed by atoms with Gasteiger partial charge in [0.2, 0.25) is 0 Å². The summed E-state index contributed by atoms with van der Waals surface area (Å²) in [5.41, 5.74) is 12.9. The van der Waals surface area contributed by atoms with Crippen LogP contribution in [0.1, 0.15) is 0 Å². The predicted octanol–water partition coefficient (Wildman–Crippen LogP) is 13.7. The monoisotopic (exact) mass is 717 g/mol. The zero-order chi connectivity index (χ0) is 37.0. The van der Waals surface area contributed by atoms with E-state index in [-0.39, 0.29) is 0 Å². The Morgan fingerprint density at radius 1 is 0.268 bits per heavy atom. The third-order valence-corrected chi connectivity index (χ3v) is 10.6. The molecule has 0 atom stereocenters. The maximum Gasteiger partial charge on any atom is 0.164 e. The normalized spacial score (nSPS) is 11.6. The van der Waals surface area contributed by atoms with Gasteiger partial charge in [0.25, 0.3) is 0 Å². The second kappa shape index (κ2) is 13.0. The van der Waals surface area contributed by atoms with E-state index in [0.29, 0.717) is 17.5 Å². The molecule has 3 heterocycles. The van der Waals surface area contributed by atoms with Gasteiger partial charge in [0.1, 0.15) is 22.3 Å². The molecule has 0 amide bonds. The van der Waals surface area contributed by atoms with Crippen molar-refractivity contribution in [1.29, 1.82) is 0 Å². The lowest BCUT2D eigenvalue weighted by molar-refractivity contribution is 0.668. The Morgan fingerprint density at radius 3 is 1.48 bits per heavy atom. The summed E-state index contributed by atoms with van der Waals surface area (Å²) < 4.78 is 12.3. The second-order valence-corrected chi connectivity index (χ2v) is 14.0. The Bertz CT molecular complexity index is 3230. The molecule has 0 fully saturated rings. The van der Waals surface area contributed by atoms with Gasteiger partial charge in [-0.25, -0.2) is 15.0 Å². The molecule has 0 N–H and O–H groups in total. The number of para-hydroxylation sites is 2. The van der Waals surface area contributed by atoms with Crippen LogP contribution in [-0.4, -0.2) is 15.0 Å². The highest BCUT2D eigenvalue weighted by molar-refractivity contribution is 6.12. The number of rotatable bonds is 6. The maximum absolute atomic E-state index is 6.19. The average Bonchev–Trinajstić information content (AvgIpc) is 3.85. The van der Waals surface area contributed by atoms with Crippen molar-refractivity contribution in [3.05, 3.63) is 188 Å². The average molecular weight is 718 g/mol. The van der Waals surface area contributed by atoms with E-state index in [1.807, 2.05) is 48.5 Å². The van der Waals surface area contributed by atoms with Crippen LogP contribution in [0.25, 0.3) is 111 Å². The Hall–Kier alpha value is -7.63. The molecule has 8 aromatic carbocycles. The van der Waals surface area contributed by atoms with Gasteiger partial charge < -0.3 is 8.83 Å². The van der Waals surface area contributed by atoms with E-state index in [1.54, 1.807) is 0 Å². The molecule has 262 valence electrons. The van der Waals surface area contributed by atoms with Gasteiger partial charge in [0.05, 0.1) is 0 Å². The summed E-state index contributed by atoms with van der Waals surface area (Å²) in [6, 6.07) is 64.6. The summed E-state index contributed by atoms with van der Waals surface area (Å²) in [6.45, 7) is 0. The number of furan rings is 2. The van der Waals surface area contributed by atoms with Gasteiger partial charge in [0, 0.05) is 38.2 Å². The van der Waals surface area contributed by atoms with E-state index in [4.69, 9.17) is 23.8 Å². The third kappa shape index (κ3) is 5.53. The quantitative estimate of drug-likeness (QED) is 0.171. The number of benzene rings is 8. The first-order chi connectivity index (χ1) is 27.7. The zero-order valence-electron chi connectivity index (χ0n) is 30.1. The van der Waals surface area contributed by atoms with Crippen LogP contribution in [0.15, 0.2) is 197 Å². The fourth-order valence-electron chi connectivity index (χ4n) is 7.76. The first kappa shape index (κ1) is 31.9. The van der Waals surface area contributed by atoms with Crippen molar-refractivity contribution in [3.63, 3.8) is 0 Å². The fraction of sp³-hybridized carbons (Fsp3) is 0. The summed E-state index contributed by atoms with van der Waals surface area (Å²) in [6.07, 6.45) is 0. The van der Waals surface area contributed by atoms with E-state index < -0.39 is 0 Å². The molecule has 0 aliphatic carbocycles. The van der Waals surface area contributed by atoms with Crippen LogP contribution in [0.5, 0.6) is 0 Å². The summed E-state index contributed by atoms with van der Waals surface area (Å²) >= 11 is 0. The van der Waals surface area contributed by atoms with Gasteiger partial charge in [-0.1, -0.05) is 152 Å². The van der Waals surface area contributed by atoms with Crippen molar-refractivity contribution in [2.24, 2.45) is 0 Å². The molecule has 3 aromatic heterocycles. The van der Waals surface area contributed by atoms with Crippen molar-refractivity contribution in [3.8, 4) is 67.5 Å². The highest BCUT2D eigenvalue weighted by atomic mass is 16.3. The van der Waals surface area contributed by atoms with Gasteiger partial charge in [0.15, 0.2) is 17.5 Å². The summed E-state index contributed by atoms with van der Waals surface area (Å²) in [7, 11) is 0. The molecule has 0 saturated heterocycles. The van der Waals surface area contributed by atoms with E-state index in [0.717, 1.165) is 93.9 Å². The van der Waals surface area contributed by atoms with E-state index >= 15 is 0 Å². The summed E-state index contributed by atoms with van der Waals surface area (Å²) in [5, 5.41) is 4.43. The predicted molar refractivity (Wildman–Crippen MR) is 227 cm³/mol. The molecule has 5 nitrogen and oxygen atoms in total. The van der Waals surface area contributed by atoms with E-state index in [2.05, 4.69) is 140 Å². The molecule has 0 unspecified atom stereocenters. The van der Waals surface area contributed by atoms with Crippen molar-refractivity contribution >= 4 is 43.9 Å². The topological polar surface area (TPSA) is 65.0 Å². The molecule has 0 aliphatic heterocycles. The SMILES string of the molecule is c1ccc(-c2cccc(-c3nc(-c4ccc(-c5ccc6oc7ccccc7c6c5)cc4)nc(-c4ccc(-c5cccc6oc7ccccc7c56)cc4)n3)c2)cc1. The van der Waals surface area contributed by atoms with Crippen LogP contribution in [0.2, 0.25) is 0 Å². The minimum atomic E-state index is 0.606. The van der Waals surface area contributed by atoms with Crippen LogP contribution < -0.4 is 0 Å². The van der Waals surface area contributed by atoms with E-state index in [1.165, 1.54) is 0 Å². The van der Waals surface area contributed by atoms with Gasteiger partial charge in [-0.05, 0) is 69.8 Å². The number of fused-ring (bicyclic) bond motifs is 6. The minimum Gasteiger partial charge on any atom is -0.456 e. The van der Waals surface area contributed by atoms with Crippen molar-refractivity contribution in [2.45, 2.75) is 0 Å². The molecule has 56 heavy (non-hydrogen) atoms. The van der Waals surface area contributed by atoms with Crippen LogP contribution >= 0.6 is 0 Å². The van der Waals surface area contributed by atoms with Crippen molar-refractivity contribution in [2.75, 3.05) is 0 Å². The van der Waals surface area contributed by atoms with Crippen LogP contribution in [-0.2, 0) is 0 Å². The van der Waals surface area contributed by atoms with Gasteiger partial charge in [-0.3, -0.25) is 0 Å². The smallest absolute Gasteiger partial charge is 0.164 e. The number of hydrogen-bond acceptors (Lipinski definition) is 5. The summed E-state index contributed by atoms with van der Waals surface area (Å²) in [5.74, 6) is 1.83. The lowest BCUT2D eigenvalue weighted by Gasteiger charge is -2.11. The second-order valence-electron chi connectivity index (χ2n) is 14.0. The zero-order valence-corrected chi connectivity index (χ0v) is 30.1. The number of nitrogens with zero attached hydrogens (tertiary/aromatic N) is 3. The molecule has 5 heteroatoms. The Balaban J connectivity index is 0.999. The largest absolute Gasteiger partial charge is 0.456 e. The molecule has 0 aliphatic rings. The van der Waals surface area contributed by atoms with Gasteiger partial charge in [-0.2, -0.15) is 0 Å². The Morgan fingerprint density at radius 2 is 0.732 bits per heavy atom. The third-order valence-electron chi connectivity index (χ3n) is 10.6. The number of aromatic nitrogens is 3. The molecular formula is C51H31N3O2. The van der Waals surface area contributed by atoms with E-state index in [9.17, 15) is 0 Å². The maximum atomic E-state index is 6.19. The molecule has 11 rings (SSSR count). The van der Waals surface area contributed by atoms with Gasteiger partial charge in [-0.15, -0.1) is 0 Å². The molecule has 0 bridgehead atoms. The van der Waals surface area contributed by atoms with Gasteiger partial charge >= 0.3 is 0 Å². The lowest BCUT2D eigenvalue weighted by atomic mass is 9.98. The Labute approximate surface area is 322 Å². The highest BCUT2D eigenvalue weighted by Crippen LogP contribution is 2.38. The first-order valence-corrected chi connectivity index (χ1v) is 18.7. The molecule has 0 spiro atoms. The van der Waals surface area contributed by atoms with Crippen molar-refractivity contribution in [1.82, 2.24) is 15.0 Å². The lowest BCUT2D eigenvalue weighted by Crippen LogP contribution is -2.00. The van der Waals surface area contributed by atoms with Crippen molar-refractivity contribution < 1.29 is 8.83 Å². The first-order valence-electron chi connectivity index (χ1n) is 18.7. The minimum absolute atomic E-state index is 0.606. The fourth-order valence-corrected chi connectivity index (χ4v) is 7.76. The molecule has 11 aromatic rings. The highest BCUT2D eigenvalue weighted by Gasteiger charge is 2.16. The molecule has 0 radical (unpaired) electrons. The number of hydrogen-bond donors (Lipinski definition) is 0. The molecule has 0 saturated carbocycles. The van der Waals surface area contributed by atoms with Crippen LogP contribution in [0.3, 0.4) is 0 Å². The Kier molecular flexibility index (Phi) is 7.42. The van der Waals surface area contributed by atoms with Crippen LogP contribution in [0, 0.1) is 0 Å².